The lowest BCUT2D eigenvalue weighted by Crippen LogP contribution is -2.25. The van der Waals surface area contributed by atoms with Crippen molar-refractivity contribution in [2.24, 2.45) is 5.41 Å². The molecule has 1 saturated carbocycles. The Hall–Kier alpha value is -0.820. The molecule has 0 saturated heterocycles. The van der Waals surface area contributed by atoms with Gasteiger partial charge in [0.15, 0.2) is 0 Å². The predicted octanol–water partition coefficient (Wildman–Crippen LogP) is 3.18. The molecule has 0 aliphatic heterocycles. The lowest BCUT2D eigenvalue weighted by atomic mass is 9.95. The number of rotatable bonds is 6. The van der Waals surface area contributed by atoms with E-state index >= 15 is 0 Å². The molecule has 16 heavy (non-hydrogen) atoms. The number of nitrogens with one attached hydrogen (secondary N) is 1. The molecule has 0 amide bonds. The Labute approximate surface area is 99.3 Å². The highest BCUT2D eigenvalue weighted by Crippen LogP contribution is 2.47. The smallest absolute Gasteiger partial charge is 0.00109 e. The van der Waals surface area contributed by atoms with Gasteiger partial charge in [-0.15, -0.1) is 0 Å². The van der Waals surface area contributed by atoms with E-state index < -0.39 is 0 Å². The van der Waals surface area contributed by atoms with Crippen LogP contribution in [-0.4, -0.2) is 13.1 Å². The lowest BCUT2D eigenvalue weighted by Gasteiger charge is -2.15. The number of aryl methyl sites for hydroxylation is 1. The minimum absolute atomic E-state index is 0.587. The van der Waals surface area contributed by atoms with Gasteiger partial charge in [0.1, 0.15) is 0 Å². The summed E-state index contributed by atoms with van der Waals surface area (Å²) in [6.07, 6.45) is 5.19. The highest BCUT2D eigenvalue weighted by Gasteiger charge is 2.41. The van der Waals surface area contributed by atoms with Crippen molar-refractivity contribution in [1.29, 1.82) is 0 Å². The van der Waals surface area contributed by atoms with Gasteiger partial charge in [-0.25, -0.2) is 0 Å². The van der Waals surface area contributed by atoms with Crippen molar-refractivity contribution in [2.45, 2.75) is 39.5 Å². The van der Waals surface area contributed by atoms with Gasteiger partial charge in [0.2, 0.25) is 0 Å². The Morgan fingerprint density at radius 3 is 2.19 bits per heavy atom. The normalized spacial score (nSPS) is 17.4. The van der Waals surface area contributed by atoms with E-state index in [4.69, 9.17) is 0 Å². The molecule has 1 N–H and O–H groups in total. The van der Waals surface area contributed by atoms with Crippen molar-refractivity contribution in [2.75, 3.05) is 13.1 Å². The summed E-state index contributed by atoms with van der Waals surface area (Å²) in [5.74, 6) is 0. The van der Waals surface area contributed by atoms with Crippen LogP contribution >= 0.6 is 0 Å². The molecule has 0 heterocycles. The maximum atomic E-state index is 3.49. The van der Waals surface area contributed by atoms with Crippen molar-refractivity contribution in [1.82, 2.24) is 5.32 Å². The van der Waals surface area contributed by atoms with E-state index in [1.807, 2.05) is 0 Å². The Morgan fingerprint density at radius 2 is 1.69 bits per heavy atom. The van der Waals surface area contributed by atoms with Crippen molar-refractivity contribution < 1.29 is 0 Å². The minimum Gasteiger partial charge on any atom is -0.316 e. The molecular formula is C15H23N. The van der Waals surface area contributed by atoms with Crippen LogP contribution in [0.4, 0.5) is 0 Å². The van der Waals surface area contributed by atoms with Gasteiger partial charge in [-0.2, -0.15) is 0 Å². The highest BCUT2D eigenvalue weighted by molar-refractivity contribution is 5.24. The van der Waals surface area contributed by atoms with Crippen LogP contribution in [-0.2, 0) is 12.8 Å². The SMILES string of the molecule is CCNCC1(Cc2ccc(CC)cc2)CC1. The molecule has 1 fully saturated rings. The standard InChI is InChI=1S/C15H23N/c1-3-13-5-7-14(8-6-13)11-15(9-10-15)12-16-4-2/h5-8,16H,3-4,9-12H2,1-2H3. The van der Waals surface area contributed by atoms with Crippen LogP contribution < -0.4 is 5.32 Å². The molecule has 1 aromatic rings. The first-order valence-corrected chi connectivity index (χ1v) is 6.56. The fourth-order valence-corrected chi connectivity index (χ4v) is 2.31. The first kappa shape index (κ1) is 11.7. The van der Waals surface area contributed by atoms with Gasteiger partial charge in [-0.1, -0.05) is 38.1 Å². The Kier molecular flexibility index (Phi) is 3.65. The summed E-state index contributed by atoms with van der Waals surface area (Å²) >= 11 is 0. The molecule has 1 heteroatoms. The molecule has 88 valence electrons. The second-order valence-electron chi connectivity index (χ2n) is 5.13. The first-order chi connectivity index (χ1) is 7.78. The van der Waals surface area contributed by atoms with E-state index in [1.54, 1.807) is 0 Å². The van der Waals surface area contributed by atoms with Crippen molar-refractivity contribution in [3.63, 3.8) is 0 Å². The molecule has 1 nitrogen and oxygen atoms in total. The van der Waals surface area contributed by atoms with Gasteiger partial charge in [0, 0.05) is 6.54 Å². The van der Waals surface area contributed by atoms with E-state index in [9.17, 15) is 0 Å². The third kappa shape index (κ3) is 2.85. The van der Waals surface area contributed by atoms with Gasteiger partial charge in [0.25, 0.3) is 0 Å². The average molecular weight is 217 g/mol. The molecule has 0 atom stereocenters. The van der Waals surface area contributed by atoms with Crippen LogP contribution in [0.25, 0.3) is 0 Å². The minimum atomic E-state index is 0.587. The monoisotopic (exact) mass is 217 g/mol. The van der Waals surface area contributed by atoms with Gasteiger partial charge in [0.05, 0.1) is 0 Å². The van der Waals surface area contributed by atoms with Gasteiger partial charge < -0.3 is 5.32 Å². The maximum Gasteiger partial charge on any atom is 0.00109 e. The van der Waals surface area contributed by atoms with Crippen LogP contribution in [0.2, 0.25) is 0 Å². The quantitative estimate of drug-likeness (QED) is 0.771. The van der Waals surface area contributed by atoms with E-state index in [0.717, 1.165) is 13.0 Å². The summed E-state index contributed by atoms with van der Waals surface area (Å²) < 4.78 is 0. The van der Waals surface area contributed by atoms with Crippen molar-refractivity contribution in [3.05, 3.63) is 35.4 Å². The molecule has 0 aromatic heterocycles. The second-order valence-corrected chi connectivity index (χ2v) is 5.13. The molecule has 1 aliphatic rings. The number of hydrogen-bond donors (Lipinski definition) is 1. The molecule has 0 radical (unpaired) electrons. The zero-order valence-corrected chi connectivity index (χ0v) is 10.6. The molecule has 0 bridgehead atoms. The fourth-order valence-electron chi connectivity index (χ4n) is 2.31. The summed E-state index contributed by atoms with van der Waals surface area (Å²) in [4.78, 5) is 0. The molecule has 0 unspecified atom stereocenters. The number of benzene rings is 1. The molecule has 0 spiro atoms. The third-order valence-corrected chi connectivity index (χ3v) is 3.72. The van der Waals surface area contributed by atoms with Crippen LogP contribution in [0.1, 0.15) is 37.8 Å². The Bertz CT molecular complexity index is 322. The zero-order chi connectivity index (χ0) is 11.4. The number of hydrogen-bond acceptors (Lipinski definition) is 1. The van der Waals surface area contributed by atoms with E-state index in [1.165, 1.54) is 36.9 Å². The van der Waals surface area contributed by atoms with E-state index in [0.29, 0.717) is 5.41 Å². The first-order valence-electron chi connectivity index (χ1n) is 6.56. The Morgan fingerprint density at radius 1 is 1.06 bits per heavy atom. The van der Waals surface area contributed by atoms with E-state index in [2.05, 4.69) is 43.4 Å². The van der Waals surface area contributed by atoms with Gasteiger partial charge in [-0.05, 0) is 48.8 Å². The van der Waals surface area contributed by atoms with Crippen molar-refractivity contribution in [3.8, 4) is 0 Å². The fraction of sp³-hybridized carbons (Fsp3) is 0.600. The van der Waals surface area contributed by atoms with Gasteiger partial charge >= 0.3 is 0 Å². The zero-order valence-electron chi connectivity index (χ0n) is 10.6. The third-order valence-electron chi connectivity index (χ3n) is 3.72. The van der Waals surface area contributed by atoms with Crippen LogP contribution in [0.5, 0.6) is 0 Å². The molecule has 1 aromatic carbocycles. The second kappa shape index (κ2) is 5.01. The average Bonchev–Trinajstić information content (AvgIpc) is 3.08. The topological polar surface area (TPSA) is 12.0 Å². The van der Waals surface area contributed by atoms with Crippen LogP contribution in [0.15, 0.2) is 24.3 Å². The Balaban J connectivity index is 1.93. The van der Waals surface area contributed by atoms with Gasteiger partial charge in [-0.3, -0.25) is 0 Å². The molecule has 1 aliphatic carbocycles. The summed E-state index contributed by atoms with van der Waals surface area (Å²) in [7, 11) is 0. The van der Waals surface area contributed by atoms with Crippen LogP contribution in [0.3, 0.4) is 0 Å². The summed E-state index contributed by atoms with van der Waals surface area (Å²) in [6, 6.07) is 9.17. The van der Waals surface area contributed by atoms with Crippen molar-refractivity contribution >= 4 is 0 Å². The molecular weight excluding hydrogens is 194 g/mol. The lowest BCUT2D eigenvalue weighted by molar-refractivity contribution is 0.463. The summed E-state index contributed by atoms with van der Waals surface area (Å²) in [5, 5.41) is 3.49. The summed E-state index contributed by atoms with van der Waals surface area (Å²) in [5.41, 5.74) is 3.54. The maximum absolute atomic E-state index is 3.49. The molecule has 2 rings (SSSR count). The summed E-state index contributed by atoms with van der Waals surface area (Å²) in [6.45, 7) is 6.68. The van der Waals surface area contributed by atoms with Crippen LogP contribution in [0, 0.1) is 5.41 Å². The largest absolute Gasteiger partial charge is 0.316 e. The van der Waals surface area contributed by atoms with E-state index in [-0.39, 0.29) is 0 Å². The predicted molar refractivity (Wildman–Crippen MR) is 69.7 cm³/mol. The highest BCUT2D eigenvalue weighted by atomic mass is 14.9.